The second kappa shape index (κ2) is 13.0. The maximum atomic E-state index is 13.3. The van der Waals surface area contributed by atoms with Gasteiger partial charge in [-0.05, 0) is 61.4 Å². The summed E-state index contributed by atoms with van der Waals surface area (Å²) in [4.78, 5) is 27.8. The van der Waals surface area contributed by atoms with Gasteiger partial charge in [-0.1, -0.05) is 36.4 Å². The van der Waals surface area contributed by atoms with Gasteiger partial charge in [-0.3, -0.25) is 9.59 Å². The Morgan fingerprint density at radius 3 is 2.26 bits per heavy atom. The molecule has 0 bridgehead atoms. The van der Waals surface area contributed by atoms with E-state index in [1.54, 1.807) is 42.5 Å². The highest BCUT2D eigenvalue weighted by Gasteiger charge is 2.46. The number of ether oxygens (including phenoxy) is 4. The topological polar surface area (TPSA) is 94.5 Å². The van der Waals surface area contributed by atoms with E-state index < -0.39 is 17.7 Å². The van der Waals surface area contributed by atoms with Crippen LogP contribution in [0.15, 0.2) is 78.4 Å². The van der Waals surface area contributed by atoms with E-state index in [0.29, 0.717) is 48.2 Å². The molecule has 1 atom stereocenters. The SMILES string of the molecule is CCOc1ccc(C(O)=C2C(=O)C(=O)N(CCOC)C2c2ccc(OCc3ccccc3)c(OCC)c2)cc1. The maximum Gasteiger partial charge on any atom is 0.295 e. The molecular weight excluding hydrogens is 498 g/mol. The van der Waals surface area contributed by atoms with Crippen molar-refractivity contribution in [3.8, 4) is 17.2 Å². The first-order valence-corrected chi connectivity index (χ1v) is 12.9. The van der Waals surface area contributed by atoms with Crippen LogP contribution in [0.3, 0.4) is 0 Å². The summed E-state index contributed by atoms with van der Waals surface area (Å²) < 4.78 is 22.6. The molecule has 204 valence electrons. The number of nitrogens with zero attached hydrogens (tertiary/aromatic N) is 1. The van der Waals surface area contributed by atoms with Crippen molar-refractivity contribution in [1.29, 1.82) is 0 Å². The van der Waals surface area contributed by atoms with Crippen LogP contribution in [0.25, 0.3) is 5.76 Å². The fraction of sp³-hybridized carbons (Fsp3) is 0.290. The van der Waals surface area contributed by atoms with E-state index in [-0.39, 0.29) is 24.5 Å². The highest BCUT2D eigenvalue weighted by Crippen LogP contribution is 2.42. The summed E-state index contributed by atoms with van der Waals surface area (Å²) in [7, 11) is 1.53. The summed E-state index contributed by atoms with van der Waals surface area (Å²) in [5, 5.41) is 11.3. The van der Waals surface area contributed by atoms with Crippen LogP contribution in [0.2, 0.25) is 0 Å². The maximum absolute atomic E-state index is 13.3. The normalized spacial score (nSPS) is 16.4. The summed E-state index contributed by atoms with van der Waals surface area (Å²) in [6.07, 6.45) is 0. The quantitative estimate of drug-likeness (QED) is 0.197. The number of rotatable bonds is 12. The Morgan fingerprint density at radius 1 is 0.872 bits per heavy atom. The number of carbonyl (C=O) groups is 2. The van der Waals surface area contributed by atoms with Crippen molar-refractivity contribution in [2.45, 2.75) is 26.5 Å². The number of hydrogen-bond acceptors (Lipinski definition) is 7. The first kappa shape index (κ1) is 27.7. The van der Waals surface area contributed by atoms with Gasteiger partial charge in [-0.15, -0.1) is 0 Å². The number of ketones is 1. The van der Waals surface area contributed by atoms with Crippen molar-refractivity contribution in [1.82, 2.24) is 4.90 Å². The van der Waals surface area contributed by atoms with E-state index in [2.05, 4.69) is 0 Å². The lowest BCUT2D eigenvalue weighted by Crippen LogP contribution is -2.32. The monoisotopic (exact) mass is 531 g/mol. The second-order valence-electron chi connectivity index (χ2n) is 8.86. The molecule has 1 saturated heterocycles. The van der Waals surface area contributed by atoms with Gasteiger partial charge >= 0.3 is 0 Å². The second-order valence-corrected chi connectivity index (χ2v) is 8.86. The Morgan fingerprint density at radius 2 is 1.59 bits per heavy atom. The summed E-state index contributed by atoms with van der Waals surface area (Å²) in [6, 6.07) is 21.0. The van der Waals surface area contributed by atoms with Crippen LogP contribution in [0.5, 0.6) is 17.2 Å². The van der Waals surface area contributed by atoms with Crippen molar-refractivity contribution in [3.63, 3.8) is 0 Å². The first-order chi connectivity index (χ1) is 19.0. The van der Waals surface area contributed by atoms with E-state index in [9.17, 15) is 14.7 Å². The Kier molecular flexibility index (Phi) is 9.22. The molecule has 1 heterocycles. The molecule has 1 N–H and O–H groups in total. The number of carbonyl (C=O) groups excluding carboxylic acids is 2. The van der Waals surface area contributed by atoms with Crippen LogP contribution >= 0.6 is 0 Å². The van der Waals surface area contributed by atoms with Gasteiger partial charge in [0.15, 0.2) is 11.5 Å². The smallest absolute Gasteiger partial charge is 0.295 e. The summed E-state index contributed by atoms with van der Waals surface area (Å²) in [5.41, 5.74) is 2.02. The third-order valence-electron chi connectivity index (χ3n) is 6.34. The molecule has 3 aromatic rings. The van der Waals surface area contributed by atoms with E-state index in [4.69, 9.17) is 18.9 Å². The van der Waals surface area contributed by atoms with E-state index in [0.717, 1.165) is 5.56 Å². The summed E-state index contributed by atoms with van der Waals surface area (Å²) >= 11 is 0. The number of aliphatic hydroxyl groups excluding tert-OH is 1. The first-order valence-electron chi connectivity index (χ1n) is 12.9. The number of benzene rings is 3. The molecule has 8 nitrogen and oxygen atoms in total. The van der Waals surface area contributed by atoms with Crippen LogP contribution in [0, 0.1) is 0 Å². The van der Waals surface area contributed by atoms with Crippen LogP contribution in [-0.4, -0.2) is 55.2 Å². The highest BCUT2D eigenvalue weighted by atomic mass is 16.5. The zero-order chi connectivity index (χ0) is 27.8. The molecule has 1 amide bonds. The average Bonchev–Trinajstić information content (AvgIpc) is 3.21. The van der Waals surface area contributed by atoms with Crippen LogP contribution in [-0.2, 0) is 20.9 Å². The van der Waals surface area contributed by atoms with Gasteiger partial charge in [-0.2, -0.15) is 0 Å². The van der Waals surface area contributed by atoms with Crippen molar-refractivity contribution < 1.29 is 33.6 Å². The van der Waals surface area contributed by atoms with Crippen molar-refractivity contribution in [3.05, 3.63) is 95.1 Å². The summed E-state index contributed by atoms with van der Waals surface area (Å²) in [6.45, 7) is 5.38. The van der Waals surface area contributed by atoms with Gasteiger partial charge in [0.25, 0.3) is 11.7 Å². The molecule has 1 fully saturated rings. The van der Waals surface area contributed by atoms with Crippen LogP contribution < -0.4 is 14.2 Å². The molecule has 0 aliphatic carbocycles. The molecule has 0 radical (unpaired) electrons. The molecule has 1 aliphatic heterocycles. The third-order valence-corrected chi connectivity index (χ3v) is 6.34. The lowest BCUT2D eigenvalue weighted by Gasteiger charge is -2.26. The highest BCUT2D eigenvalue weighted by molar-refractivity contribution is 6.46. The zero-order valence-corrected chi connectivity index (χ0v) is 22.4. The lowest BCUT2D eigenvalue weighted by atomic mass is 9.95. The Labute approximate surface area is 228 Å². The minimum Gasteiger partial charge on any atom is -0.507 e. The number of aliphatic hydroxyl groups is 1. The minimum absolute atomic E-state index is 0.000616. The predicted octanol–water partition coefficient (Wildman–Crippen LogP) is 5.13. The van der Waals surface area contributed by atoms with Gasteiger partial charge in [0.05, 0.1) is 31.4 Å². The number of amides is 1. The molecular formula is C31H33NO7. The fourth-order valence-electron chi connectivity index (χ4n) is 4.50. The van der Waals surface area contributed by atoms with Crippen molar-refractivity contribution >= 4 is 17.4 Å². The van der Waals surface area contributed by atoms with E-state index in [1.807, 2.05) is 44.2 Å². The number of methoxy groups -OCH3 is 1. The number of Topliss-reactive ketones (excluding diaryl/α,β-unsaturated/α-hetero) is 1. The van der Waals surface area contributed by atoms with Gasteiger partial charge < -0.3 is 29.0 Å². The third kappa shape index (κ3) is 6.23. The molecule has 0 saturated carbocycles. The molecule has 0 aromatic heterocycles. The summed E-state index contributed by atoms with van der Waals surface area (Å²) in [5.74, 6) is -0.0758. The predicted molar refractivity (Wildman–Crippen MR) is 147 cm³/mol. The average molecular weight is 532 g/mol. The molecule has 39 heavy (non-hydrogen) atoms. The number of likely N-dealkylation sites (tertiary alicyclic amines) is 1. The molecule has 8 heteroatoms. The van der Waals surface area contributed by atoms with Crippen LogP contribution in [0.1, 0.15) is 36.6 Å². The standard InChI is InChI=1S/C31H33NO7/c1-4-37-24-14-11-22(12-15-24)29(33)27-28(32(17-18-36-3)31(35)30(27)34)23-13-16-25(26(19-23)38-5-2)39-20-21-9-7-6-8-10-21/h6-16,19,28,33H,4-5,17-18,20H2,1-3H3. The van der Waals surface area contributed by atoms with E-state index in [1.165, 1.54) is 12.0 Å². The Bertz CT molecular complexity index is 1320. The largest absolute Gasteiger partial charge is 0.507 e. The lowest BCUT2D eigenvalue weighted by molar-refractivity contribution is -0.140. The van der Waals surface area contributed by atoms with Gasteiger partial charge in [0.1, 0.15) is 18.1 Å². The molecule has 4 rings (SSSR count). The zero-order valence-electron chi connectivity index (χ0n) is 22.4. The molecule has 1 aliphatic rings. The van der Waals surface area contributed by atoms with Crippen LogP contribution in [0.4, 0.5) is 0 Å². The molecule has 0 spiro atoms. The number of hydrogen-bond donors (Lipinski definition) is 1. The van der Waals surface area contributed by atoms with Gasteiger partial charge in [0, 0.05) is 19.2 Å². The van der Waals surface area contributed by atoms with Crippen molar-refractivity contribution in [2.75, 3.05) is 33.5 Å². The van der Waals surface area contributed by atoms with Gasteiger partial charge in [0.2, 0.25) is 0 Å². The fourth-order valence-corrected chi connectivity index (χ4v) is 4.50. The van der Waals surface area contributed by atoms with E-state index >= 15 is 0 Å². The Balaban J connectivity index is 1.75. The molecule has 1 unspecified atom stereocenters. The minimum atomic E-state index is -0.839. The van der Waals surface area contributed by atoms with Gasteiger partial charge in [-0.25, -0.2) is 0 Å². The Hall–Kier alpha value is -4.30. The molecule has 3 aromatic carbocycles. The van der Waals surface area contributed by atoms with Crippen molar-refractivity contribution in [2.24, 2.45) is 0 Å².